The topological polar surface area (TPSA) is 59.8 Å². The Kier molecular flexibility index (Phi) is 5.35. The largest absolute Gasteiger partial charge is 0.326 e. The summed E-state index contributed by atoms with van der Waals surface area (Å²) in [5.41, 5.74) is 0.816. The molecule has 0 atom stereocenters. The average Bonchev–Trinajstić information content (AvgIpc) is 2.98. The number of anilines is 1. The molecule has 0 radical (unpaired) electrons. The van der Waals surface area contributed by atoms with Gasteiger partial charge in [0.05, 0.1) is 6.42 Å². The van der Waals surface area contributed by atoms with E-state index in [4.69, 9.17) is 11.6 Å². The van der Waals surface area contributed by atoms with Gasteiger partial charge in [-0.25, -0.2) is 4.39 Å². The zero-order valence-electron chi connectivity index (χ0n) is 13.2. The van der Waals surface area contributed by atoms with E-state index in [9.17, 15) is 9.18 Å². The third kappa shape index (κ3) is 4.37. The molecule has 2 aromatic carbocycles. The number of nitrogens with zero attached hydrogens (tertiary/aromatic N) is 3. The SMILES string of the molecule is Cn1cnnc1Sc1ccc(NC(=O)Cc2c(F)cccc2Cl)cc1. The summed E-state index contributed by atoms with van der Waals surface area (Å²) < 4.78 is 15.6. The molecule has 3 rings (SSSR count). The predicted octanol–water partition coefficient (Wildman–Crippen LogP) is 3.94. The first-order chi connectivity index (χ1) is 12.0. The Morgan fingerprint density at radius 1 is 1.28 bits per heavy atom. The van der Waals surface area contributed by atoms with Crippen LogP contribution in [-0.4, -0.2) is 20.7 Å². The van der Waals surface area contributed by atoms with Crippen molar-refractivity contribution in [2.75, 3.05) is 5.32 Å². The van der Waals surface area contributed by atoms with E-state index in [1.807, 2.05) is 23.7 Å². The van der Waals surface area contributed by atoms with Crippen LogP contribution in [0.15, 0.2) is 58.8 Å². The fourth-order valence-corrected chi connectivity index (χ4v) is 3.14. The summed E-state index contributed by atoms with van der Waals surface area (Å²) in [6, 6.07) is 11.6. The van der Waals surface area contributed by atoms with Crippen LogP contribution in [0.1, 0.15) is 5.56 Å². The third-order valence-corrected chi connectivity index (χ3v) is 4.83. The van der Waals surface area contributed by atoms with Gasteiger partial charge in [-0.3, -0.25) is 4.79 Å². The van der Waals surface area contributed by atoms with Gasteiger partial charge < -0.3 is 9.88 Å². The molecule has 5 nitrogen and oxygen atoms in total. The first kappa shape index (κ1) is 17.4. The van der Waals surface area contributed by atoms with E-state index in [2.05, 4.69) is 15.5 Å². The number of benzene rings is 2. The van der Waals surface area contributed by atoms with E-state index in [0.717, 1.165) is 10.1 Å². The average molecular weight is 377 g/mol. The zero-order chi connectivity index (χ0) is 17.8. The van der Waals surface area contributed by atoms with Crippen molar-refractivity contribution in [1.29, 1.82) is 0 Å². The van der Waals surface area contributed by atoms with Gasteiger partial charge in [0.1, 0.15) is 12.1 Å². The highest BCUT2D eigenvalue weighted by atomic mass is 35.5. The van der Waals surface area contributed by atoms with Crippen LogP contribution in [-0.2, 0) is 18.3 Å². The van der Waals surface area contributed by atoms with Crippen molar-refractivity contribution in [2.45, 2.75) is 16.5 Å². The molecule has 0 fully saturated rings. The summed E-state index contributed by atoms with van der Waals surface area (Å²) in [6.45, 7) is 0. The molecule has 128 valence electrons. The van der Waals surface area contributed by atoms with Crippen LogP contribution in [0, 0.1) is 5.82 Å². The van der Waals surface area contributed by atoms with E-state index in [1.54, 1.807) is 24.5 Å². The van der Waals surface area contributed by atoms with Crippen molar-refractivity contribution in [3.63, 3.8) is 0 Å². The number of aryl methyl sites for hydroxylation is 1. The Labute approximate surface area is 153 Å². The highest BCUT2D eigenvalue weighted by Gasteiger charge is 2.12. The van der Waals surface area contributed by atoms with Crippen LogP contribution in [0.2, 0.25) is 5.02 Å². The van der Waals surface area contributed by atoms with Gasteiger partial charge >= 0.3 is 0 Å². The first-order valence-electron chi connectivity index (χ1n) is 7.37. The lowest BCUT2D eigenvalue weighted by molar-refractivity contribution is -0.115. The maximum absolute atomic E-state index is 13.7. The Morgan fingerprint density at radius 2 is 2.04 bits per heavy atom. The number of rotatable bonds is 5. The second kappa shape index (κ2) is 7.67. The molecule has 0 aliphatic carbocycles. The Morgan fingerprint density at radius 3 is 2.68 bits per heavy atom. The Balaban J connectivity index is 1.63. The lowest BCUT2D eigenvalue weighted by Crippen LogP contribution is -2.15. The molecule has 0 aliphatic rings. The number of hydrogen-bond donors (Lipinski definition) is 1. The number of hydrogen-bond acceptors (Lipinski definition) is 4. The van der Waals surface area contributed by atoms with Crippen molar-refractivity contribution in [3.8, 4) is 0 Å². The summed E-state index contributed by atoms with van der Waals surface area (Å²) in [5.74, 6) is -0.821. The van der Waals surface area contributed by atoms with Gasteiger partial charge in [-0.1, -0.05) is 17.7 Å². The highest BCUT2D eigenvalue weighted by Crippen LogP contribution is 2.26. The van der Waals surface area contributed by atoms with Crippen molar-refractivity contribution in [1.82, 2.24) is 14.8 Å². The van der Waals surface area contributed by atoms with Gasteiger partial charge in [0.15, 0.2) is 5.16 Å². The van der Waals surface area contributed by atoms with Gasteiger partial charge in [0.25, 0.3) is 0 Å². The van der Waals surface area contributed by atoms with Gasteiger partial charge in [0.2, 0.25) is 5.91 Å². The number of carbonyl (C=O) groups is 1. The van der Waals surface area contributed by atoms with Crippen LogP contribution in [0.3, 0.4) is 0 Å². The molecule has 0 bridgehead atoms. The summed E-state index contributed by atoms with van der Waals surface area (Å²) in [7, 11) is 1.87. The van der Waals surface area contributed by atoms with E-state index >= 15 is 0 Å². The number of carbonyl (C=O) groups excluding carboxylic acids is 1. The Bertz CT molecular complexity index is 878. The molecule has 1 aromatic heterocycles. The van der Waals surface area contributed by atoms with E-state index < -0.39 is 5.82 Å². The van der Waals surface area contributed by atoms with Crippen molar-refractivity contribution >= 4 is 35.0 Å². The normalized spacial score (nSPS) is 10.7. The second-order valence-corrected chi connectivity index (χ2v) is 6.72. The van der Waals surface area contributed by atoms with Crippen LogP contribution in [0.25, 0.3) is 0 Å². The minimum Gasteiger partial charge on any atom is -0.326 e. The summed E-state index contributed by atoms with van der Waals surface area (Å²) >= 11 is 7.41. The minimum absolute atomic E-state index is 0.124. The summed E-state index contributed by atoms with van der Waals surface area (Å²) in [4.78, 5) is 13.1. The lowest BCUT2D eigenvalue weighted by Gasteiger charge is -2.08. The van der Waals surface area contributed by atoms with Crippen LogP contribution < -0.4 is 5.32 Å². The van der Waals surface area contributed by atoms with Gasteiger partial charge in [-0.15, -0.1) is 10.2 Å². The molecule has 0 saturated carbocycles. The van der Waals surface area contributed by atoms with E-state index in [1.165, 1.54) is 23.9 Å². The molecule has 25 heavy (non-hydrogen) atoms. The molecule has 0 aliphatic heterocycles. The molecule has 1 heterocycles. The van der Waals surface area contributed by atoms with Crippen molar-refractivity contribution in [3.05, 3.63) is 65.2 Å². The molecule has 0 unspecified atom stereocenters. The molecule has 0 spiro atoms. The predicted molar refractivity (Wildman–Crippen MR) is 95.3 cm³/mol. The molecule has 8 heteroatoms. The third-order valence-electron chi connectivity index (χ3n) is 3.42. The minimum atomic E-state index is -0.488. The van der Waals surface area contributed by atoms with Gasteiger partial charge in [-0.2, -0.15) is 0 Å². The smallest absolute Gasteiger partial charge is 0.228 e. The van der Waals surface area contributed by atoms with Gasteiger partial charge in [0, 0.05) is 28.2 Å². The maximum atomic E-state index is 13.7. The molecular weight excluding hydrogens is 363 g/mol. The lowest BCUT2D eigenvalue weighted by atomic mass is 10.1. The molecule has 1 N–H and O–H groups in total. The standard InChI is InChI=1S/C17H14ClFN4OS/c1-23-10-20-22-17(23)25-12-7-5-11(6-8-12)21-16(24)9-13-14(18)3-2-4-15(13)19/h2-8,10H,9H2,1H3,(H,21,24). The molecular formula is C17H14ClFN4OS. The number of aromatic nitrogens is 3. The Hall–Kier alpha value is -2.38. The van der Waals surface area contributed by atoms with Crippen LogP contribution in [0.5, 0.6) is 0 Å². The second-order valence-electron chi connectivity index (χ2n) is 5.28. The van der Waals surface area contributed by atoms with Crippen molar-refractivity contribution in [2.24, 2.45) is 7.05 Å². The highest BCUT2D eigenvalue weighted by molar-refractivity contribution is 7.99. The summed E-state index contributed by atoms with van der Waals surface area (Å²) in [5, 5.41) is 11.6. The van der Waals surface area contributed by atoms with Crippen LogP contribution in [0.4, 0.5) is 10.1 Å². The van der Waals surface area contributed by atoms with Crippen LogP contribution >= 0.6 is 23.4 Å². The molecule has 1 amide bonds. The quantitative estimate of drug-likeness (QED) is 0.732. The fraction of sp³-hybridized carbons (Fsp3) is 0.118. The van der Waals surface area contributed by atoms with Gasteiger partial charge in [-0.05, 0) is 48.2 Å². The molecule has 0 saturated heterocycles. The monoisotopic (exact) mass is 376 g/mol. The number of nitrogens with one attached hydrogen (secondary N) is 1. The van der Waals surface area contributed by atoms with Crippen molar-refractivity contribution < 1.29 is 9.18 Å². The first-order valence-corrected chi connectivity index (χ1v) is 8.57. The number of amides is 1. The summed E-state index contributed by atoms with van der Waals surface area (Å²) in [6.07, 6.45) is 1.51. The van der Waals surface area contributed by atoms with E-state index in [-0.39, 0.29) is 22.9 Å². The van der Waals surface area contributed by atoms with E-state index in [0.29, 0.717) is 5.69 Å². The molecule has 3 aromatic rings. The zero-order valence-corrected chi connectivity index (χ0v) is 14.8. The number of halogens is 2. The fourth-order valence-electron chi connectivity index (χ4n) is 2.14. The maximum Gasteiger partial charge on any atom is 0.228 e.